The van der Waals surface area contributed by atoms with Crippen LogP contribution in [0.3, 0.4) is 0 Å². The molecule has 13 heteroatoms. The molecule has 0 aliphatic carbocycles. The molecule has 3 aromatic carbocycles. The summed E-state index contributed by atoms with van der Waals surface area (Å²) < 4.78 is 58.4. The monoisotopic (exact) mass is 695 g/mol. The molecule has 8 nitrogen and oxygen atoms in total. The first-order chi connectivity index (χ1) is 19.5. The number of esters is 1. The van der Waals surface area contributed by atoms with Crippen LogP contribution in [0.15, 0.2) is 73.4 Å². The molecule has 0 unspecified atom stereocenters. The molecule has 41 heavy (non-hydrogen) atoms. The molecule has 1 aromatic heterocycles. The number of para-hydroxylation sites is 1. The Kier molecular flexibility index (Phi) is 9.49. The molecule has 0 aliphatic rings. The van der Waals surface area contributed by atoms with Gasteiger partial charge in [-0.15, -0.1) is 0 Å². The van der Waals surface area contributed by atoms with Gasteiger partial charge in [0, 0.05) is 15.6 Å². The lowest BCUT2D eigenvalue weighted by Crippen LogP contribution is -2.20. The highest BCUT2D eigenvalue weighted by atomic mass is 79.9. The number of rotatable bonds is 9. The predicted octanol–water partition coefficient (Wildman–Crippen LogP) is 6.83. The topological polar surface area (TPSA) is 92.0 Å². The number of nitrogens with zero attached hydrogens (tertiary/aromatic N) is 3. The van der Waals surface area contributed by atoms with Crippen LogP contribution in [0.25, 0.3) is 22.3 Å². The van der Waals surface area contributed by atoms with E-state index in [2.05, 4.69) is 41.9 Å². The molecule has 0 spiro atoms. The molecule has 4 rings (SSSR count). The number of ether oxygens (including phenoxy) is 3. The van der Waals surface area contributed by atoms with Gasteiger partial charge in [0.15, 0.2) is 23.9 Å². The summed E-state index contributed by atoms with van der Waals surface area (Å²) in [7, 11) is 0. The standard InChI is InChI=1S/C28H22Br2F3N3O5/c1-3-39-21-13-17(23(29)24(30)25(21)41-15-22(37)40-4-2)14-34-36-26(16-8-7-9-18(12-16)28(31,32)33)35-20-11-6-5-10-19(20)27(36)38/h5-14H,3-4,15H2,1-2H3. The highest BCUT2D eigenvalue weighted by Crippen LogP contribution is 2.42. The number of carbonyl (C=O) groups excluding carboxylic acids is 1. The molecule has 0 fully saturated rings. The molecule has 1 heterocycles. The first-order valence-corrected chi connectivity index (χ1v) is 13.8. The summed E-state index contributed by atoms with van der Waals surface area (Å²) in [6.07, 6.45) is -3.26. The Morgan fingerprint density at radius 2 is 1.78 bits per heavy atom. The normalized spacial score (nSPS) is 11.7. The maximum Gasteiger partial charge on any atom is 0.416 e. The Hall–Kier alpha value is -3.71. The van der Waals surface area contributed by atoms with Gasteiger partial charge in [-0.05, 0) is 76.0 Å². The molecule has 0 atom stereocenters. The maximum absolute atomic E-state index is 13.5. The van der Waals surface area contributed by atoms with Crippen molar-refractivity contribution in [2.45, 2.75) is 20.0 Å². The lowest BCUT2D eigenvalue weighted by Gasteiger charge is -2.16. The van der Waals surface area contributed by atoms with Crippen molar-refractivity contribution in [2.75, 3.05) is 19.8 Å². The zero-order valence-corrected chi connectivity index (χ0v) is 24.8. The third-order valence-electron chi connectivity index (χ3n) is 5.61. The zero-order valence-electron chi connectivity index (χ0n) is 21.7. The van der Waals surface area contributed by atoms with E-state index in [1.54, 1.807) is 44.2 Å². The summed E-state index contributed by atoms with van der Waals surface area (Å²) in [5.41, 5.74) is -0.674. The van der Waals surface area contributed by atoms with Crippen molar-refractivity contribution in [2.24, 2.45) is 5.10 Å². The number of halogens is 5. The fourth-order valence-corrected chi connectivity index (χ4v) is 4.74. The van der Waals surface area contributed by atoms with Crippen LogP contribution < -0.4 is 15.0 Å². The molecule has 0 saturated carbocycles. The van der Waals surface area contributed by atoms with Crippen molar-refractivity contribution in [3.05, 3.63) is 85.0 Å². The quantitative estimate of drug-likeness (QED) is 0.141. The van der Waals surface area contributed by atoms with Gasteiger partial charge in [0.2, 0.25) is 0 Å². The summed E-state index contributed by atoms with van der Waals surface area (Å²) in [6.45, 7) is 3.56. The molecule has 0 N–H and O–H groups in total. The van der Waals surface area contributed by atoms with Gasteiger partial charge in [-0.3, -0.25) is 4.79 Å². The van der Waals surface area contributed by atoms with Gasteiger partial charge < -0.3 is 14.2 Å². The first kappa shape index (κ1) is 30.3. The van der Waals surface area contributed by atoms with Crippen LogP contribution in [0.2, 0.25) is 0 Å². The van der Waals surface area contributed by atoms with Gasteiger partial charge in [0.05, 0.1) is 40.4 Å². The van der Waals surface area contributed by atoms with Crippen LogP contribution in [-0.2, 0) is 15.7 Å². The van der Waals surface area contributed by atoms with Gasteiger partial charge in [-0.2, -0.15) is 22.9 Å². The maximum atomic E-state index is 13.5. The number of carbonyl (C=O) groups is 1. The van der Waals surface area contributed by atoms with Crippen LogP contribution in [-0.4, -0.2) is 41.7 Å². The van der Waals surface area contributed by atoms with Crippen molar-refractivity contribution < 1.29 is 32.2 Å². The van der Waals surface area contributed by atoms with Gasteiger partial charge in [0.1, 0.15) is 0 Å². The predicted molar refractivity (Wildman–Crippen MR) is 155 cm³/mol. The largest absolute Gasteiger partial charge is 0.490 e. The number of hydrogen-bond donors (Lipinski definition) is 0. The van der Waals surface area contributed by atoms with Crippen LogP contribution in [0.1, 0.15) is 25.0 Å². The summed E-state index contributed by atoms with van der Waals surface area (Å²) in [4.78, 5) is 29.8. The van der Waals surface area contributed by atoms with Crippen LogP contribution in [0, 0.1) is 0 Å². The minimum Gasteiger partial charge on any atom is -0.490 e. The number of alkyl halides is 3. The second-order valence-corrected chi connectivity index (χ2v) is 9.93. The summed E-state index contributed by atoms with van der Waals surface area (Å²) in [5.74, 6) is -0.131. The average molecular weight is 697 g/mol. The Bertz CT molecular complexity index is 1690. The Morgan fingerprint density at radius 3 is 2.49 bits per heavy atom. The van der Waals surface area contributed by atoms with E-state index in [9.17, 15) is 22.8 Å². The highest BCUT2D eigenvalue weighted by molar-refractivity contribution is 9.13. The van der Waals surface area contributed by atoms with Gasteiger partial charge in [-0.25, -0.2) is 9.78 Å². The molecule has 4 aromatic rings. The van der Waals surface area contributed by atoms with E-state index < -0.39 is 23.3 Å². The van der Waals surface area contributed by atoms with E-state index in [1.807, 2.05) is 0 Å². The lowest BCUT2D eigenvalue weighted by molar-refractivity contribution is -0.145. The molecule has 0 bridgehead atoms. The van der Waals surface area contributed by atoms with Gasteiger partial charge >= 0.3 is 12.1 Å². The Balaban J connectivity index is 1.84. The fraction of sp³-hybridized carbons (Fsp3) is 0.214. The summed E-state index contributed by atoms with van der Waals surface area (Å²) >= 11 is 6.90. The van der Waals surface area contributed by atoms with Crippen molar-refractivity contribution >= 4 is 54.9 Å². The van der Waals surface area contributed by atoms with E-state index in [0.29, 0.717) is 20.0 Å². The van der Waals surface area contributed by atoms with Crippen molar-refractivity contribution in [1.29, 1.82) is 0 Å². The molecule has 0 radical (unpaired) electrons. The second-order valence-electron chi connectivity index (χ2n) is 8.34. The number of aromatic nitrogens is 2. The van der Waals surface area contributed by atoms with Crippen LogP contribution in [0.4, 0.5) is 13.2 Å². The molecule has 0 saturated heterocycles. The second kappa shape index (κ2) is 12.9. The SMILES string of the molecule is CCOC(=O)COc1c(OCC)cc(C=Nn2c(-c3cccc(C(F)(F)F)c3)nc3ccccc3c2=O)c(Br)c1Br. The molecular formula is C28H22Br2F3N3O5. The van der Waals surface area contributed by atoms with Gasteiger partial charge in [-0.1, -0.05) is 24.3 Å². The van der Waals surface area contributed by atoms with E-state index in [4.69, 9.17) is 14.2 Å². The minimum absolute atomic E-state index is 0.0535. The van der Waals surface area contributed by atoms with E-state index in [-0.39, 0.29) is 48.1 Å². The molecule has 214 valence electrons. The lowest BCUT2D eigenvalue weighted by atomic mass is 10.1. The third kappa shape index (κ3) is 6.79. The Labute approximate surface area is 249 Å². The van der Waals surface area contributed by atoms with Gasteiger partial charge in [0.25, 0.3) is 5.56 Å². The van der Waals surface area contributed by atoms with Crippen LogP contribution >= 0.6 is 31.9 Å². The number of fused-ring (bicyclic) bond motifs is 1. The van der Waals surface area contributed by atoms with E-state index >= 15 is 0 Å². The Morgan fingerprint density at radius 1 is 1.02 bits per heavy atom. The molecule has 0 aliphatic heterocycles. The smallest absolute Gasteiger partial charge is 0.416 e. The van der Waals surface area contributed by atoms with Crippen molar-refractivity contribution in [3.8, 4) is 22.9 Å². The molecular weight excluding hydrogens is 675 g/mol. The molecule has 0 amide bonds. The van der Waals surface area contributed by atoms with E-state index in [1.165, 1.54) is 18.3 Å². The zero-order chi connectivity index (χ0) is 29.7. The average Bonchev–Trinajstić information content (AvgIpc) is 2.94. The van der Waals surface area contributed by atoms with E-state index in [0.717, 1.165) is 16.8 Å². The minimum atomic E-state index is -4.59. The van der Waals surface area contributed by atoms with Crippen LogP contribution in [0.5, 0.6) is 11.5 Å². The third-order valence-corrected chi connectivity index (χ3v) is 7.75. The summed E-state index contributed by atoms with van der Waals surface area (Å²) in [5, 5.41) is 4.57. The number of benzene rings is 3. The van der Waals surface area contributed by atoms with Crippen molar-refractivity contribution in [1.82, 2.24) is 9.66 Å². The summed E-state index contributed by atoms with van der Waals surface area (Å²) in [6, 6.07) is 12.6. The fourth-order valence-electron chi connectivity index (χ4n) is 3.80. The highest BCUT2D eigenvalue weighted by Gasteiger charge is 2.31. The van der Waals surface area contributed by atoms with Crippen molar-refractivity contribution in [3.63, 3.8) is 0 Å². The first-order valence-electron chi connectivity index (χ1n) is 12.2. The number of hydrogen-bond acceptors (Lipinski definition) is 7.